The molecule has 19 heavy (non-hydrogen) atoms. The molecule has 0 saturated heterocycles. The summed E-state index contributed by atoms with van der Waals surface area (Å²) >= 11 is 0. The monoisotopic (exact) mass is 314 g/mol. The van der Waals surface area contributed by atoms with Crippen LogP contribution in [-0.4, -0.2) is 16.9 Å². The van der Waals surface area contributed by atoms with E-state index in [4.69, 9.17) is 0 Å². The molecule has 0 atom stereocenters. The Labute approximate surface area is 119 Å². The topological polar surface area (TPSA) is 123 Å². The minimum absolute atomic E-state index is 0. The van der Waals surface area contributed by atoms with Gasteiger partial charge in [0.1, 0.15) is 0 Å². The van der Waals surface area contributed by atoms with E-state index in [1.807, 2.05) is 0 Å². The van der Waals surface area contributed by atoms with E-state index in [0.717, 1.165) is 12.1 Å². The van der Waals surface area contributed by atoms with Crippen molar-refractivity contribution in [1.29, 1.82) is 0 Å². The molecule has 0 aromatic heterocycles. The number of nitrogens with zero attached hydrogens (tertiary/aromatic N) is 1. The van der Waals surface area contributed by atoms with E-state index >= 15 is 0 Å². The van der Waals surface area contributed by atoms with Crippen LogP contribution >= 0.6 is 0 Å². The third kappa shape index (κ3) is 6.97. The summed E-state index contributed by atoms with van der Waals surface area (Å²) in [5.41, 5.74) is -0.782. The first-order chi connectivity index (χ1) is 8.27. The number of carbonyl (C=O) groups is 2. The van der Waals surface area contributed by atoms with Crippen LogP contribution in [0.25, 0.3) is 0 Å². The fourth-order valence-corrected chi connectivity index (χ4v) is 0.805. The van der Waals surface area contributed by atoms with Crippen molar-refractivity contribution in [3.63, 3.8) is 0 Å². The van der Waals surface area contributed by atoms with Gasteiger partial charge in [-0.25, -0.2) is 0 Å². The first-order valence-corrected chi connectivity index (χ1v) is 4.59. The first-order valence-electron chi connectivity index (χ1n) is 4.59. The zero-order chi connectivity index (χ0) is 14.3. The van der Waals surface area contributed by atoms with Gasteiger partial charge < -0.3 is 19.8 Å². The predicted octanol–water partition coefficient (Wildman–Crippen LogP) is -0.732. The maximum absolute atomic E-state index is 10.3. The third-order valence-electron chi connectivity index (χ3n) is 1.67. The normalized spacial score (nSPS) is 8.26. The molecule has 1 aromatic rings. The number of benzene rings is 1. The number of para-hydroxylation sites is 1. The van der Waals surface area contributed by atoms with E-state index in [1.54, 1.807) is 0 Å². The van der Waals surface area contributed by atoms with Gasteiger partial charge in [0.05, 0.1) is 22.4 Å². The van der Waals surface area contributed by atoms with Crippen LogP contribution in [0.1, 0.15) is 17.3 Å². The van der Waals surface area contributed by atoms with Gasteiger partial charge in [0.25, 0.3) is 5.69 Å². The molecule has 0 bridgehead atoms. The molecule has 1 aromatic carbocycles. The summed E-state index contributed by atoms with van der Waals surface area (Å²) < 4.78 is 0. The van der Waals surface area contributed by atoms with Gasteiger partial charge >= 0.3 is 17.1 Å². The maximum atomic E-state index is 10.3. The zero-order valence-corrected chi connectivity index (χ0v) is 10.7. The minimum Gasteiger partial charge on any atom is -0.545 e. The number of nitro groups is 1. The van der Waals surface area contributed by atoms with Crippen molar-refractivity contribution in [2.75, 3.05) is 0 Å². The Bertz CT molecular complexity index is 455. The van der Waals surface area contributed by atoms with Crippen LogP contribution in [0.15, 0.2) is 36.4 Å². The number of rotatable bonds is 3. The van der Waals surface area contributed by atoms with Crippen LogP contribution in [0.2, 0.25) is 0 Å². The number of aromatic carboxylic acids is 1. The van der Waals surface area contributed by atoms with Crippen molar-refractivity contribution in [3.05, 3.63) is 52.1 Å². The molecule has 8 heteroatoms. The molecule has 0 aliphatic carbocycles. The third-order valence-corrected chi connectivity index (χ3v) is 1.67. The number of carbonyl (C=O) groups excluding carboxylic acids is 2. The molecule has 0 radical (unpaired) electrons. The minimum atomic E-state index is -1.54. The van der Waals surface area contributed by atoms with Gasteiger partial charge in [0, 0.05) is 6.07 Å². The number of carboxylic acid groups (broad SMARTS) is 2. The summed E-state index contributed by atoms with van der Waals surface area (Å²) in [7, 11) is 0. The SMILES string of the molecule is C=C(C)C(=O)[O-].O=C([O-])c1ccccc1[N+](=O)[O-].[Cu+]. The van der Waals surface area contributed by atoms with Gasteiger partial charge in [-0.15, -0.1) is 0 Å². The van der Waals surface area contributed by atoms with E-state index in [2.05, 4.69) is 6.58 Å². The molecule has 1 rings (SSSR count). The van der Waals surface area contributed by atoms with Crippen LogP contribution in [0.4, 0.5) is 5.69 Å². The summed E-state index contributed by atoms with van der Waals surface area (Å²) in [6.07, 6.45) is 0. The van der Waals surface area contributed by atoms with Gasteiger partial charge in [-0.05, 0) is 18.6 Å². The zero-order valence-electron chi connectivity index (χ0n) is 9.71. The van der Waals surface area contributed by atoms with Gasteiger partial charge in [-0.1, -0.05) is 18.7 Å². The van der Waals surface area contributed by atoms with Gasteiger partial charge in [0.2, 0.25) is 0 Å². The van der Waals surface area contributed by atoms with Gasteiger partial charge in [-0.3, -0.25) is 10.1 Å². The molecule has 0 unspecified atom stereocenters. The number of carboxylic acids is 2. The summed E-state index contributed by atoms with van der Waals surface area (Å²) in [4.78, 5) is 29.3. The first kappa shape index (κ1) is 19.2. The smallest absolute Gasteiger partial charge is 0.545 e. The molecule has 0 saturated carbocycles. The Morgan fingerprint density at radius 2 is 1.63 bits per heavy atom. The standard InChI is InChI=1S/C7H5NO4.C4H6O2.Cu/c9-7(10)5-3-1-2-4-6(5)8(11)12;1-3(2)4(5)6;/h1-4H,(H,9,10);1H2,2H3,(H,5,6);/q;;+1/p-2. The van der Waals surface area contributed by atoms with E-state index in [-0.39, 0.29) is 22.6 Å². The Morgan fingerprint density at radius 3 is 1.89 bits per heavy atom. The predicted molar refractivity (Wildman–Crippen MR) is 57.2 cm³/mol. The molecular formula is C11H9CuNO6-. The van der Waals surface area contributed by atoms with Gasteiger partial charge in [-0.2, -0.15) is 0 Å². The molecule has 0 aliphatic heterocycles. The molecule has 106 valence electrons. The Morgan fingerprint density at radius 1 is 1.21 bits per heavy atom. The van der Waals surface area contributed by atoms with Crippen LogP contribution in [-0.2, 0) is 21.9 Å². The van der Waals surface area contributed by atoms with Crippen molar-refractivity contribution < 1.29 is 41.8 Å². The maximum Gasteiger partial charge on any atom is 1.00 e. The number of nitro benzene ring substituents is 1. The van der Waals surface area contributed by atoms with E-state index in [0.29, 0.717) is 0 Å². The second-order valence-electron chi connectivity index (χ2n) is 3.13. The van der Waals surface area contributed by atoms with Crippen molar-refractivity contribution in [2.24, 2.45) is 0 Å². The second-order valence-corrected chi connectivity index (χ2v) is 3.13. The molecule has 0 N–H and O–H groups in total. The van der Waals surface area contributed by atoms with Crippen molar-refractivity contribution >= 4 is 17.6 Å². The average molecular weight is 315 g/mol. The Hall–Kier alpha value is -2.18. The molecule has 0 spiro atoms. The average Bonchev–Trinajstić information content (AvgIpc) is 2.29. The van der Waals surface area contributed by atoms with E-state index < -0.39 is 28.1 Å². The van der Waals surface area contributed by atoms with Gasteiger partial charge in [0.15, 0.2) is 0 Å². The molecule has 0 aliphatic rings. The second kappa shape index (κ2) is 8.84. The number of aliphatic carboxylic acids is 1. The van der Waals surface area contributed by atoms with Crippen molar-refractivity contribution in [2.45, 2.75) is 6.92 Å². The summed E-state index contributed by atoms with van der Waals surface area (Å²) in [5, 5.41) is 30.0. The molecule has 7 nitrogen and oxygen atoms in total. The fraction of sp³-hybridized carbons (Fsp3) is 0.0909. The quantitative estimate of drug-likeness (QED) is 0.313. The largest absolute Gasteiger partial charge is 1.00 e. The number of hydrogen-bond donors (Lipinski definition) is 0. The fourth-order valence-electron chi connectivity index (χ4n) is 0.805. The van der Waals surface area contributed by atoms with Crippen LogP contribution < -0.4 is 10.2 Å². The Kier molecular flexibility index (Phi) is 8.92. The number of hydrogen-bond acceptors (Lipinski definition) is 6. The molecular weight excluding hydrogens is 306 g/mol. The Balaban J connectivity index is 0. The molecule has 0 heterocycles. The molecule has 0 amide bonds. The van der Waals surface area contributed by atoms with E-state index in [9.17, 15) is 29.9 Å². The van der Waals surface area contributed by atoms with E-state index in [1.165, 1.54) is 19.1 Å². The summed E-state index contributed by atoms with van der Waals surface area (Å²) in [6, 6.07) is 5.04. The van der Waals surface area contributed by atoms with Crippen LogP contribution in [0.3, 0.4) is 0 Å². The van der Waals surface area contributed by atoms with Crippen LogP contribution in [0, 0.1) is 10.1 Å². The van der Waals surface area contributed by atoms with Crippen molar-refractivity contribution in [1.82, 2.24) is 0 Å². The summed E-state index contributed by atoms with van der Waals surface area (Å²) in [5.74, 6) is -2.72. The van der Waals surface area contributed by atoms with Crippen molar-refractivity contribution in [3.8, 4) is 0 Å². The molecule has 0 fully saturated rings. The van der Waals surface area contributed by atoms with Crippen LogP contribution in [0.5, 0.6) is 0 Å². The summed E-state index contributed by atoms with van der Waals surface area (Å²) in [6.45, 7) is 4.48.